The van der Waals surface area contributed by atoms with Crippen LogP contribution in [0.1, 0.15) is 52.9 Å². The van der Waals surface area contributed by atoms with Crippen molar-refractivity contribution in [2.24, 2.45) is 5.41 Å². The topological polar surface area (TPSA) is 25.8 Å². The molecular formula is C13H22N2. The lowest BCUT2D eigenvalue weighted by atomic mass is 9.90. The summed E-state index contributed by atoms with van der Waals surface area (Å²) in [5.74, 6) is 0. The fourth-order valence-electron chi connectivity index (χ4n) is 1.38. The minimum atomic E-state index is 0.0905. The lowest BCUT2D eigenvalue weighted by Gasteiger charge is -2.19. The first-order valence-electron chi connectivity index (χ1n) is 5.50. The molecule has 0 unspecified atom stereocenters. The van der Waals surface area contributed by atoms with Gasteiger partial charge in [0.05, 0.1) is 11.4 Å². The largest absolute Gasteiger partial charge is 0.258 e. The molecule has 0 amide bonds. The van der Waals surface area contributed by atoms with Crippen LogP contribution < -0.4 is 0 Å². The Balaban J connectivity index is 2.82. The number of hydrogen-bond donors (Lipinski definition) is 0. The van der Waals surface area contributed by atoms with Gasteiger partial charge in [0.1, 0.15) is 0 Å². The first-order valence-corrected chi connectivity index (χ1v) is 5.50. The molecule has 1 aromatic rings. The lowest BCUT2D eigenvalue weighted by molar-refractivity contribution is 0.405. The van der Waals surface area contributed by atoms with E-state index in [1.165, 1.54) is 0 Å². The van der Waals surface area contributed by atoms with E-state index in [-0.39, 0.29) is 10.8 Å². The molecule has 0 radical (unpaired) electrons. The van der Waals surface area contributed by atoms with Gasteiger partial charge in [-0.1, -0.05) is 41.5 Å². The second-order valence-electron chi connectivity index (χ2n) is 6.38. The zero-order valence-corrected chi connectivity index (χ0v) is 10.8. The van der Waals surface area contributed by atoms with Crippen molar-refractivity contribution in [3.8, 4) is 0 Å². The van der Waals surface area contributed by atoms with E-state index in [4.69, 9.17) is 0 Å². The molecule has 0 spiro atoms. The van der Waals surface area contributed by atoms with Gasteiger partial charge >= 0.3 is 0 Å². The summed E-state index contributed by atoms with van der Waals surface area (Å²) < 4.78 is 0. The molecule has 0 aliphatic heterocycles. The summed E-state index contributed by atoms with van der Waals surface area (Å²) in [4.78, 5) is 8.94. The number of rotatable bonds is 1. The van der Waals surface area contributed by atoms with Crippen molar-refractivity contribution in [1.29, 1.82) is 0 Å². The highest BCUT2D eigenvalue weighted by atomic mass is 14.8. The Bertz CT molecular complexity index is 312. The van der Waals surface area contributed by atoms with Crippen molar-refractivity contribution in [1.82, 2.24) is 9.97 Å². The van der Waals surface area contributed by atoms with E-state index in [2.05, 4.69) is 51.5 Å². The Labute approximate surface area is 93.2 Å². The van der Waals surface area contributed by atoms with Crippen LogP contribution in [0.5, 0.6) is 0 Å². The number of aromatic nitrogens is 2. The van der Waals surface area contributed by atoms with Crippen LogP contribution in [0, 0.1) is 5.41 Å². The standard InChI is InChI=1S/C13H22N2/c1-12(2,3)7-10-8-15-11(9-14-10)13(4,5)6/h8-9H,7H2,1-6H3. The third kappa shape index (κ3) is 3.98. The SMILES string of the molecule is CC(C)(C)Cc1cnc(C(C)(C)C)cn1. The van der Waals surface area contributed by atoms with Crippen LogP contribution in [0.25, 0.3) is 0 Å². The van der Waals surface area contributed by atoms with Gasteiger partial charge in [0.15, 0.2) is 0 Å². The lowest BCUT2D eigenvalue weighted by Crippen LogP contribution is -2.16. The smallest absolute Gasteiger partial charge is 0.0640 e. The van der Waals surface area contributed by atoms with Gasteiger partial charge in [-0.3, -0.25) is 9.97 Å². The van der Waals surface area contributed by atoms with Crippen molar-refractivity contribution < 1.29 is 0 Å². The molecule has 0 aliphatic carbocycles. The van der Waals surface area contributed by atoms with Gasteiger partial charge < -0.3 is 0 Å². The van der Waals surface area contributed by atoms with Crippen molar-refractivity contribution in [2.75, 3.05) is 0 Å². The van der Waals surface area contributed by atoms with E-state index in [1.807, 2.05) is 12.4 Å². The fraction of sp³-hybridized carbons (Fsp3) is 0.692. The van der Waals surface area contributed by atoms with Gasteiger partial charge in [-0.2, -0.15) is 0 Å². The zero-order chi connectivity index (χ0) is 11.7. The molecule has 0 bridgehead atoms. The Morgan fingerprint density at radius 1 is 0.933 bits per heavy atom. The van der Waals surface area contributed by atoms with Crippen LogP contribution in [0.3, 0.4) is 0 Å². The highest BCUT2D eigenvalue weighted by Gasteiger charge is 2.17. The molecule has 2 nitrogen and oxygen atoms in total. The Kier molecular flexibility index (Phi) is 3.17. The third-order valence-electron chi connectivity index (χ3n) is 2.19. The quantitative estimate of drug-likeness (QED) is 0.704. The van der Waals surface area contributed by atoms with E-state index in [0.29, 0.717) is 0 Å². The molecule has 0 aromatic carbocycles. The van der Waals surface area contributed by atoms with E-state index >= 15 is 0 Å². The molecule has 0 aliphatic rings. The maximum atomic E-state index is 4.47. The summed E-state index contributed by atoms with van der Waals surface area (Å²) in [6.45, 7) is 13.1. The molecule has 1 heterocycles. The summed E-state index contributed by atoms with van der Waals surface area (Å²) >= 11 is 0. The zero-order valence-electron chi connectivity index (χ0n) is 10.8. The summed E-state index contributed by atoms with van der Waals surface area (Å²) in [5.41, 5.74) is 2.50. The predicted octanol–water partition coefficient (Wildman–Crippen LogP) is 3.36. The molecule has 0 atom stereocenters. The Hall–Kier alpha value is -0.920. The second kappa shape index (κ2) is 3.92. The van der Waals surface area contributed by atoms with Gasteiger partial charge in [-0.05, 0) is 11.8 Å². The van der Waals surface area contributed by atoms with Crippen LogP contribution in [0.4, 0.5) is 0 Å². The van der Waals surface area contributed by atoms with Gasteiger partial charge in [0.2, 0.25) is 0 Å². The molecule has 84 valence electrons. The molecule has 0 fully saturated rings. The van der Waals surface area contributed by atoms with Crippen molar-refractivity contribution >= 4 is 0 Å². The first kappa shape index (κ1) is 12.2. The average Bonchev–Trinajstić information content (AvgIpc) is 2.00. The minimum absolute atomic E-state index is 0.0905. The Morgan fingerprint density at radius 3 is 1.87 bits per heavy atom. The second-order valence-corrected chi connectivity index (χ2v) is 6.38. The average molecular weight is 206 g/mol. The molecule has 0 N–H and O–H groups in total. The van der Waals surface area contributed by atoms with E-state index < -0.39 is 0 Å². The fourth-order valence-corrected chi connectivity index (χ4v) is 1.38. The van der Waals surface area contributed by atoms with Gasteiger partial charge in [0, 0.05) is 17.8 Å². The number of nitrogens with zero attached hydrogens (tertiary/aromatic N) is 2. The molecule has 1 aromatic heterocycles. The van der Waals surface area contributed by atoms with Crippen LogP contribution in [-0.4, -0.2) is 9.97 Å². The normalized spacial score (nSPS) is 12.9. The highest BCUT2D eigenvalue weighted by Crippen LogP contribution is 2.21. The Morgan fingerprint density at radius 2 is 1.53 bits per heavy atom. The summed E-state index contributed by atoms with van der Waals surface area (Å²) in [5, 5.41) is 0. The highest BCUT2D eigenvalue weighted by molar-refractivity contribution is 5.11. The first-order chi connectivity index (χ1) is 6.68. The molecule has 0 saturated heterocycles. The molecule has 15 heavy (non-hydrogen) atoms. The summed E-state index contributed by atoms with van der Waals surface area (Å²) in [6, 6.07) is 0. The monoisotopic (exact) mass is 206 g/mol. The van der Waals surface area contributed by atoms with Crippen molar-refractivity contribution in [2.45, 2.75) is 53.4 Å². The molecule has 0 saturated carbocycles. The van der Waals surface area contributed by atoms with Gasteiger partial charge in [-0.15, -0.1) is 0 Å². The molecular weight excluding hydrogens is 184 g/mol. The molecule has 2 heteroatoms. The number of hydrogen-bond acceptors (Lipinski definition) is 2. The maximum Gasteiger partial charge on any atom is 0.0640 e. The van der Waals surface area contributed by atoms with Crippen LogP contribution in [0.2, 0.25) is 0 Å². The minimum Gasteiger partial charge on any atom is -0.258 e. The van der Waals surface area contributed by atoms with Crippen molar-refractivity contribution in [3.05, 3.63) is 23.8 Å². The predicted molar refractivity (Wildman–Crippen MR) is 63.9 cm³/mol. The van der Waals surface area contributed by atoms with Crippen LogP contribution in [0.15, 0.2) is 12.4 Å². The maximum absolute atomic E-state index is 4.47. The van der Waals surface area contributed by atoms with Crippen molar-refractivity contribution in [3.63, 3.8) is 0 Å². The van der Waals surface area contributed by atoms with Crippen LogP contribution in [-0.2, 0) is 11.8 Å². The van der Waals surface area contributed by atoms with E-state index in [1.54, 1.807) is 0 Å². The van der Waals surface area contributed by atoms with Gasteiger partial charge in [0.25, 0.3) is 0 Å². The van der Waals surface area contributed by atoms with E-state index in [0.717, 1.165) is 17.8 Å². The summed E-state index contributed by atoms with van der Waals surface area (Å²) in [7, 11) is 0. The van der Waals surface area contributed by atoms with E-state index in [9.17, 15) is 0 Å². The summed E-state index contributed by atoms with van der Waals surface area (Å²) in [6.07, 6.45) is 4.79. The van der Waals surface area contributed by atoms with Gasteiger partial charge in [-0.25, -0.2) is 0 Å². The molecule has 1 rings (SSSR count). The third-order valence-corrected chi connectivity index (χ3v) is 2.19. The van der Waals surface area contributed by atoms with Crippen LogP contribution >= 0.6 is 0 Å².